The molecular weight excluding hydrogens is 320 g/mol. The van der Waals surface area contributed by atoms with Gasteiger partial charge in [0.15, 0.2) is 0 Å². The van der Waals surface area contributed by atoms with Gasteiger partial charge in [-0.3, -0.25) is 0 Å². The van der Waals surface area contributed by atoms with Crippen LogP contribution in [-0.2, 0) is 0 Å². The molecule has 3 aliphatic rings. The quantitative estimate of drug-likeness (QED) is 0.789. The molecule has 0 amide bonds. The fourth-order valence-corrected chi connectivity index (χ4v) is 5.43. The molecule has 2 N–H and O–H groups in total. The molecule has 4 nitrogen and oxygen atoms in total. The van der Waals surface area contributed by atoms with E-state index in [9.17, 15) is 0 Å². The van der Waals surface area contributed by atoms with Gasteiger partial charge in [0.2, 0.25) is 0 Å². The van der Waals surface area contributed by atoms with E-state index in [1.54, 1.807) is 0 Å². The lowest BCUT2D eigenvalue weighted by Crippen LogP contribution is -2.58. The van der Waals surface area contributed by atoms with Gasteiger partial charge in [0, 0.05) is 72.6 Å². The Morgan fingerprint density at radius 3 is 1.19 bits per heavy atom. The summed E-state index contributed by atoms with van der Waals surface area (Å²) < 4.78 is 0. The van der Waals surface area contributed by atoms with Gasteiger partial charge in [-0.05, 0) is 67.5 Å². The molecule has 0 bridgehead atoms. The monoisotopic (exact) mass is 360 g/mol. The lowest BCUT2D eigenvalue weighted by molar-refractivity contribution is 0.148. The molecule has 1 fully saturated rings. The lowest BCUT2D eigenvalue weighted by atomic mass is 9.85. The van der Waals surface area contributed by atoms with Gasteiger partial charge >= 0.3 is 0 Å². The van der Waals surface area contributed by atoms with Crippen LogP contribution in [0.5, 0.6) is 0 Å². The Bertz CT molecular complexity index is 548. The zero-order valence-corrected chi connectivity index (χ0v) is 18.3. The molecule has 0 spiro atoms. The van der Waals surface area contributed by atoms with Crippen molar-refractivity contribution in [1.82, 2.24) is 20.4 Å². The van der Waals surface area contributed by atoms with E-state index in [1.165, 1.54) is 11.4 Å². The Hall–Kier alpha value is -1.00. The summed E-state index contributed by atoms with van der Waals surface area (Å²) in [5.41, 5.74) is 3.52. The number of nitrogens with one attached hydrogen (secondary N) is 2. The molecule has 0 aliphatic carbocycles. The molecule has 0 unspecified atom stereocenters. The van der Waals surface area contributed by atoms with Crippen LogP contribution in [0, 0.1) is 0 Å². The van der Waals surface area contributed by atoms with Crippen molar-refractivity contribution in [2.75, 3.05) is 26.2 Å². The molecule has 26 heavy (non-hydrogen) atoms. The first-order valence-electron chi connectivity index (χ1n) is 10.3. The molecule has 0 saturated carbocycles. The summed E-state index contributed by atoms with van der Waals surface area (Å²) in [7, 11) is 0. The molecule has 3 rings (SSSR count). The highest BCUT2D eigenvalue weighted by molar-refractivity contribution is 5.23. The highest BCUT2D eigenvalue weighted by atomic mass is 15.3. The van der Waals surface area contributed by atoms with Crippen molar-refractivity contribution >= 4 is 0 Å². The molecule has 4 heteroatoms. The molecule has 148 valence electrons. The largest absolute Gasteiger partial charge is 0.371 e. The normalized spacial score (nSPS) is 29.8. The van der Waals surface area contributed by atoms with Crippen molar-refractivity contribution < 1.29 is 0 Å². The van der Waals surface area contributed by atoms with Crippen molar-refractivity contribution in [2.24, 2.45) is 0 Å². The number of hydrogen-bond acceptors (Lipinski definition) is 4. The summed E-state index contributed by atoms with van der Waals surface area (Å²) >= 11 is 0. The zero-order chi connectivity index (χ0) is 19.4. The van der Waals surface area contributed by atoms with Gasteiger partial charge in [-0.1, -0.05) is 0 Å². The van der Waals surface area contributed by atoms with Gasteiger partial charge in [-0.2, -0.15) is 0 Å². The fourth-order valence-electron chi connectivity index (χ4n) is 5.43. The van der Waals surface area contributed by atoms with Crippen molar-refractivity contribution in [3.8, 4) is 0 Å². The third-order valence-electron chi connectivity index (χ3n) is 5.71. The van der Waals surface area contributed by atoms with Crippen LogP contribution < -0.4 is 10.6 Å². The SMILES string of the molecule is CC1(C)C=C(N2CCN(C3=CC(C)(C)NC(C)(C)C3)CC2)CC(C)(C)N1. The summed E-state index contributed by atoms with van der Waals surface area (Å²) in [4.78, 5) is 5.25. The van der Waals surface area contributed by atoms with Crippen LogP contribution in [0.4, 0.5) is 0 Å². The van der Waals surface area contributed by atoms with E-state index < -0.39 is 0 Å². The highest BCUT2D eigenvalue weighted by Gasteiger charge is 2.37. The average Bonchev–Trinajstić information content (AvgIpc) is 2.41. The fraction of sp³-hybridized carbons (Fsp3) is 0.818. The van der Waals surface area contributed by atoms with Crippen LogP contribution in [0.15, 0.2) is 23.5 Å². The molecule has 0 aromatic heterocycles. The molecule has 0 radical (unpaired) electrons. The van der Waals surface area contributed by atoms with Gasteiger partial charge in [-0.15, -0.1) is 0 Å². The predicted octanol–water partition coefficient (Wildman–Crippen LogP) is 3.47. The van der Waals surface area contributed by atoms with Crippen LogP contribution in [0.25, 0.3) is 0 Å². The third kappa shape index (κ3) is 4.64. The number of rotatable bonds is 2. The second-order valence-corrected chi connectivity index (χ2v) is 11.1. The molecule has 1 saturated heterocycles. The average molecular weight is 361 g/mol. The molecule has 3 heterocycles. The Labute approximate surface area is 161 Å². The number of piperazine rings is 1. The summed E-state index contributed by atoms with van der Waals surface area (Å²) in [6, 6.07) is 0. The maximum Gasteiger partial charge on any atom is 0.0351 e. The van der Waals surface area contributed by atoms with E-state index in [0.29, 0.717) is 0 Å². The van der Waals surface area contributed by atoms with E-state index in [0.717, 1.165) is 39.0 Å². The van der Waals surface area contributed by atoms with Crippen LogP contribution in [0.3, 0.4) is 0 Å². The molecule has 0 aromatic carbocycles. The van der Waals surface area contributed by atoms with Gasteiger partial charge in [0.1, 0.15) is 0 Å². The smallest absolute Gasteiger partial charge is 0.0351 e. The number of hydrogen-bond donors (Lipinski definition) is 2. The Kier molecular flexibility index (Phi) is 4.76. The van der Waals surface area contributed by atoms with Gasteiger partial charge in [-0.25, -0.2) is 0 Å². The third-order valence-corrected chi connectivity index (χ3v) is 5.71. The van der Waals surface area contributed by atoms with E-state index in [2.05, 4.69) is 88.0 Å². The Morgan fingerprint density at radius 1 is 0.615 bits per heavy atom. The van der Waals surface area contributed by atoms with Crippen LogP contribution in [0.2, 0.25) is 0 Å². The summed E-state index contributed by atoms with van der Waals surface area (Å²) in [6.07, 6.45) is 7.13. The highest BCUT2D eigenvalue weighted by Crippen LogP contribution is 2.33. The summed E-state index contributed by atoms with van der Waals surface area (Å²) in [5, 5.41) is 7.50. The van der Waals surface area contributed by atoms with Crippen LogP contribution in [0.1, 0.15) is 68.2 Å². The maximum absolute atomic E-state index is 3.75. The van der Waals surface area contributed by atoms with Crippen molar-refractivity contribution in [3.63, 3.8) is 0 Å². The van der Waals surface area contributed by atoms with Gasteiger partial charge in [0.25, 0.3) is 0 Å². The number of nitrogens with zero attached hydrogens (tertiary/aromatic N) is 2. The first-order valence-corrected chi connectivity index (χ1v) is 10.3. The van der Waals surface area contributed by atoms with Crippen molar-refractivity contribution in [1.29, 1.82) is 0 Å². The minimum atomic E-state index is 0.0693. The topological polar surface area (TPSA) is 30.5 Å². The Balaban J connectivity index is 1.68. The van der Waals surface area contributed by atoms with Crippen LogP contribution in [-0.4, -0.2) is 58.1 Å². The first-order chi connectivity index (χ1) is 11.8. The zero-order valence-electron chi connectivity index (χ0n) is 18.3. The predicted molar refractivity (Wildman–Crippen MR) is 111 cm³/mol. The standard InChI is InChI=1S/C22H40N4/c1-19(2)13-17(14-20(3,4)23-19)25-9-11-26(12-10-25)18-15-21(5,6)24-22(7,8)16-18/h13,15,23-24H,9-12,14,16H2,1-8H3. The van der Waals surface area contributed by atoms with E-state index >= 15 is 0 Å². The van der Waals surface area contributed by atoms with Crippen LogP contribution >= 0.6 is 0 Å². The van der Waals surface area contributed by atoms with Crippen molar-refractivity contribution in [2.45, 2.75) is 90.4 Å². The summed E-state index contributed by atoms with van der Waals surface area (Å²) in [6.45, 7) is 22.9. The maximum atomic E-state index is 3.75. The molecular formula is C22H40N4. The van der Waals surface area contributed by atoms with E-state index in [1.807, 2.05) is 0 Å². The van der Waals surface area contributed by atoms with Gasteiger partial charge < -0.3 is 20.4 Å². The lowest BCUT2D eigenvalue weighted by Gasteiger charge is -2.49. The van der Waals surface area contributed by atoms with Crippen molar-refractivity contribution in [3.05, 3.63) is 23.5 Å². The molecule has 3 aliphatic heterocycles. The molecule has 0 atom stereocenters. The molecule has 0 aromatic rings. The van der Waals surface area contributed by atoms with E-state index in [-0.39, 0.29) is 22.2 Å². The van der Waals surface area contributed by atoms with E-state index in [4.69, 9.17) is 0 Å². The first kappa shape index (κ1) is 19.8. The Morgan fingerprint density at radius 2 is 0.923 bits per heavy atom. The minimum absolute atomic E-state index is 0.0693. The second-order valence-electron chi connectivity index (χ2n) is 11.1. The van der Waals surface area contributed by atoms with Gasteiger partial charge in [0.05, 0.1) is 0 Å². The summed E-state index contributed by atoms with van der Waals surface area (Å²) in [5.74, 6) is 0. The minimum Gasteiger partial charge on any atom is -0.371 e. The second kappa shape index (κ2) is 6.27.